The number of para-hydroxylation sites is 2. The van der Waals surface area contributed by atoms with Gasteiger partial charge in [0.25, 0.3) is 5.56 Å². The number of ether oxygens (including phenoxy) is 1. The minimum absolute atomic E-state index is 0.112. The summed E-state index contributed by atoms with van der Waals surface area (Å²) in [6.07, 6.45) is 0.740. The Hall–Kier alpha value is -2.01. The van der Waals surface area contributed by atoms with Gasteiger partial charge < -0.3 is 10.5 Å². The molecule has 0 aliphatic carbocycles. The number of hydrogen-bond acceptors (Lipinski definition) is 3. The van der Waals surface area contributed by atoms with E-state index in [-0.39, 0.29) is 12.1 Å². The van der Waals surface area contributed by atoms with Crippen LogP contribution in [0.2, 0.25) is 0 Å². The molecule has 3 N–H and O–H groups in total. The molecule has 5 heteroatoms. The summed E-state index contributed by atoms with van der Waals surface area (Å²) < 4.78 is 6.75. The van der Waals surface area contributed by atoms with E-state index in [1.165, 1.54) is 4.68 Å². The van der Waals surface area contributed by atoms with Gasteiger partial charge in [-0.15, -0.1) is 0 Å². The molecule has 96 valence electrons. The molecule has 2 rings (SSSR count). The first kappa shape index (κ1) is 12.4. The van der Waals surface area contributed by atoms with Crippen molar-refractivity contribution in [2.75, 3.05) is 7.11 Å². The Labute approximate surface area is 105 Å². The van der Waals surface area contributed by atoms with Crippen LogP contribution in [-0.4, -0.2) is 16.9 Å². The number of aromatic amines is 1. The second kappa shape index (κ2) is 5.10. The predicted molar refractivity (Wildman–Crippen MR) is 70.2 cm³/mol. The number of nitrogens with two attached hydrogens (primary N) is 1. The average molecular weight is 247 g/mol. The van der Waals surface area contributed by atoms with Crippen LogP contribution in [0.25, 0.3) is 5.69 Å². The molecule has 0 spiro atoms. The normalized spacial score (nSPS) is 10.6. The molecule has 0 atom stereocenters. The zero-order valence-electron chi connectivity index (χ0n) is 10.6. The summed E-state index contributed by atoms with van der Waals surface area (Å²) in [5, 5.41) is 3.09. The van der Waals surface area contributed by atoms with Crippen molar-refractivity contribution in [3.8, 4) is 11.4 Å². The maximum Gasteiger partial charge on any atom is 0.276 e. The van der Waals surface area contributed by atoms with Gasteiger partial charge in [0.1, 0.15) is 11.4 Å². The van der Waals surface area contributed by atoms with Gasteiger partial charge in [-0.1, -0.05) is 19.1 Å². The molecule has 1 aromatic carbocycles. The molecule has 0 saturated heterocycles. The molecule has 0 aliphatic rings. The number of nitrogens with one attached hydrogen (secondary N) is 1. The zero-order chi connectivity index (χ0) is 13.1. The Morgan fingerprint density at radius 2 is 2.11 bits per heavy atom. The van der Waals surface area contributed by atoms with Gasteiger partial charge in [-0.25, -0.2) is 4.68 Å². The highest BCUT2D eigenvalue weighted by atomic mass is 16.5. The van der Waals surface area contributed by atoms with Crippen LogP contribution >= 0.6 is 0 Å². The van der Waals surface area contributed by atoms with Crippen molar-refractivity contribution in [1.29, 1.82) is 0 Å². The van der Waals surface area contributed by atoms with E-state index < -0.39 is 0 Å². The summed E-state index contributed by atoms with van der Waals surface area (Å²) in [6, 6.07) is 7.37. The first-order chi connectivity index (χ1) is 8.72. The fraction of sp³-hybridized carbons (Fsp3) is 0.308. The second-order valence-electron chi connectivity index (χ2n) is 3.94. The molecule has 0 saturated carbocycles. The summed E-state index contributed by atoms with van der Waals surface area (Å²) >= 11 is 0. The molecule has 0 unspecified atom stereocenters. The van der Waals surface area contributed by atoms with Crippen LogP contribution in [0, 0.1) is 0 Å². The summed E-state index contributed by atoms with van der Waals surface area (Å²) in [7, 11) is 1.58. The van der Waals surface area contributed by atoms with Crippen LogP contribution in [0.3, 0.4) is 0 Å². The van der Waals surface area contributed by atoms with Crippen molar-refractivity contribution < 1.29 is 4.74 Å². The molecule has 5 nitrogen and oxygen atoms in total. The van der Waals surface area contributed by atoms with Gasteiger partial charge >= 0.3 is 0 Å². The third-order valence-corrected chi connectivity index (χ3v) is 2.96. The lowest BCUT2D eigenvalue weighted by Gasteiger charge is -2.07. The van der Waals surface area contributed by atoms with Gasteiger partial charge in [-0.3, -0.25) is 9.89 Å². The third kappa shape index (κ3) is 1.93. The first-order valence-electron chi connectivity index (χ1n) is 5.89. The van der Waals surface area contributed by atoms with Gasteiger partial charge in [-0.2, -0.15) is 0 Å². The Bertz CT molecular complexity index is 599. The van der Waals surface area contributed by atoms with Crippen molar-refractivity contribution >= 4 is 0 Å². The molecular weight excluding hydrogens is 230 g/mol. The van der Waals surface area contributed by atoms with Gasteiger partial charge in [0.2, 0.25) is 0 Å². The van der Waals surface area contributed by atoms with Crippen LogP contribution in [0.5, 0.6) is 5.75 Å². The Morgan fingerprint density at radius 3 is 2.67 bits per heavy atom. The van der Waals surface area contributed by atoms with Crippen LogP contribution in [0.1, 0.15) is 18.2 Å². The number of H-pyrrole nitrogens is 1. The smallest absolute Gasteiger partial charge is 0.276 e. The van der Waals surface area contributed by atoms with Crippen molar-refractivity contribution in [3.05, 3.63) is 45.9 Å². The molecule has 18 heavy (non-hydrogen) atoms. The van der Waals surface area contributed by atoms with Gasteiger partial charge in [0.05, 0.1) is 12.7 Å². The standard InChI is InChI=1S/C13H17N3O2/c1-3-10-9(8-14)13(17)16(15-10)11-6-4-5-7-12(11)18-2/h4-7,15H,3,8,14H2,1-2H3. The second-order valence-corrected chi connectivity index (χ2v) is 3.94. The highest BCUT2D eigenvalue weighted by molar-refractivity contribution is 5.46. The quantitative estimate of drug-likeness (QED) is 0.852. The van der Waals surface area contributed by atoms with Crippen molar-refractivity contribution in [3.63, 3.8) is 0 Å². The van der Waals surface area contributed by atoms with Gasteiger partial charge in [0, 0.05) is 12.2 Å². The number of aromatic nitrogens is 2. The van der Waals surface area contributed by atoms with E-state index in [4.69, 9.17) is 10.5 Å². The number of rotatable bonds is 4. The topological polar surface area (TPSA) is 73.0 Å². The number of aryl methyl sites for hydroxylation is 1. The highest BCUT2D eigenvalue weighted by Gasteiger charge is 2.14. The number of benzene rings is 1. The van der Waals surface area contributed by atoms with Crippen LogP contribution in [-0.2, 0) is 13.0 Å². The van der Waals surface area contributed by atoms with E-state index in [9.17, 15) is 4.79 Å². The maximum absolute atomic E-state index is 12.2. The monoisotopic (exact) mass is 247 g/mol. The largest absolute Gasteiger partial charge is 0.494 e. The van der Waals surface area contributed by atoms with Crippen LogP contribution < -0.4 is 16.0 Å². The molecular formula is C13H17N3O2. The molecule has 0 fully saturated rings. The number of methoxy groups -OCH3 is 1. The number of nitrogens with zero attached hydrogens (tertiary/aromatic N) is 1. The van der Waals surface area contributed by atoms with Gasteiger partial charge in [0.15, 0.2) is 0 Å². The Balaban J connectivity index is 2.65. The minimum Gasteiger partial charge on any atom is -0.494 e. The van der Waals surface area contributed by atoms with Crippen molar-refractivity contribution in [1.82, 2.24) is 9.78 Å². The summed E-state index contributed by atoms with van der Waals surface area (Å²) in [5.74, 6) is 0.645. The van der Waals surface area contributed by atoms with Gasteiger partial charge in [-0.05, 0) is 18.6 Å². The number of hydrogen-bond donors (Lipinski definition) is 2. The van der Waals surface area contributed by atoms with Crippen molar-refractivity contribution in [2.24, 2.45) is 5.73 Å². The van der Waals surface area contributed by atoms with Crippen molar-refractivity contribution in [2.45, 2.75) is 19.9 Å². The molecule has 1 aromatic heterocycles. The third-order valence-electron chi connectivity index (χ3n) is 2.96. The summed E-state index contributed by atoms with van der Waals surface area (Å²) in [4.78, 5) is 12.2. The van der Waals surface area contributed by atoms with Crippen LogP contribution in [0.15, 0.2) is 29.1 Å². The first-order valence-corrected chi connectivity index (χ1v) is 5.89. The SMILES string of the molecule is CCc1[nH]n(-c2ccccc2OC)c(=O)c1CN. The molecule has 1 heterocycles. The Kier molecular flexibility index (Phi) is 3.53. The molecule has 2 aromatic rings. The molecule has 0 aliphatic heterocycles. The van der Waals surface area contributed by atoms with E-state index in [0.29, 0.717) is 17.0 Å². The molecule has 0 amide bonds. The lowest BCUT2D eigenvalue weighted by molar-refractivity contribution is 0.411. The van der Waals surface area contributed by atoms with E-state index in [1.807, 2.05) is 31.2 Å². The maximum atomic E-state index is 12.2. The summed E-state index contributed by atoms with van der Waals surface area (Å²) in [6.45, 7) is 2.22. The van der Waals surface area contributed by atoms with E-state index in [1.54, 1.807) is 7.11 Å². The Morgan fingerprint density at radius 1 is 1.39 bits per heavy atom. The van der Waals surface area contributed by atoms with E-state index >= 15 is 0 Å². The molecule has 0 bridgehead atoms. The fourth-order valence-electron chi connectivity index (χ4n) is 2.00. The summed E-state index contributed by atoms with van der Waals surface area (Å²) in [5.41, 5.74) is 7.70. The predicted octanol–water partition coefficient (Wildman–Crippen LogP) is 1.20. The fourth-order valence-corrected chi connectivity index (χ4v) is 2.00. The average Bonchev–Trinajstić information content (AvgIpc) is 2.74. The van der Waals surface area contributed by atoms with E-state index in [2.05, 4.69) is 5.10 Å². The lowest BCUT2D eigenvalue weighted by atomic mass is 10.2. The van der Waals surface area contributed by atoms with Crippen LogP contribution in [0.4, 0.5) is 0 Å². The highest BCUT2D eigenvalue weighted by Crippen LogP contribution is 2.20. The zero-order valence-corrected chi connectivity index (χ0v) is 10.6. The lowest BCUT2D eigenvalue weighted by Crippen LogP contribution is -2.19. The van der Waals surface area contributed by atoms with E-state index in [0.717, 1.165) is 12.1 Å². The molecule has 0 radical (unpaired) electrons. The minimum atomic E-state index is -0.112.